The second kappa shape index (κ2) is 4.42. The van der Waals surface area contributed by atoms with E-state index in [1.54, 1.807) is 0 Å². The fourth-order valence-corrected chi connectivity index (χ4v) is 2.56. The third-order valence-corrected chi connectivity index (χ3v) is 4.22. The molecule has 88 valence electrons. The van der Waals surface area contributed by atoms with Crippen LogP contribution in [0.15, 0.2) is 0 Å². The highest BCUT2D eigenvalue weighted by Crippen LogP contribution is 2.39. The van der Waals surface area contributed by atoms with Crippen molar-refractivity contribution in [3.63, 3.8) is 0 Å². The second-order valence-corrected chi connectivity index (χ2v) is 5.52. The van der Waals surface area contributed by atoms with Crippen LogP contribution in [-0.4, -0.2) is 19.0 Å². The van der Waals surface area contributed by atoms with Gasteiger partial charge in [-0.05, 0) is 31.1 Å². The molecule has 0 radical (unpaired) electrons. The van der Waals surface area contributed by atoms with Crippen LogP contribution in [0.25, 0.3) is 0 Å². The molecule has 2 heteroatoms. The zero-order valence-electron chi connectivity index (χ0n) is 10.2. The lowest BCUT2D eigenvalue weighted by Crippen LogP contribution is -2.38. The topological polar surface area (TPSA) is 18.5 Å². The van der Waals surface area contributed by atoms with E-state index in [2.05, 4.69) is 13.8 Å². The highest BCUT2D eigenvalue weighted by Gasteiger charge is 2.39. The van der Waals surface area contributed by atoms with Gasteiger partial charge < -0.3 is 9.47 Å². The number of ether oxygens (including phenoxy) is 2. The largest absolute Gasteiger partial charge is 0.350 e. The van der Waals surface area contributed by atoms with Gasteiger partial charge in [-0.25, -0.2) is 0 Å². The van der Waals surface area contributed by atoms with Crippen molar-refractivity contribution in [2.24, 2.45) is 5.41 Å². The van der Waals surface area contributed by atoms with Gasteiger partial charge in [0.25, 0.3) is 0 Å². The lowest BCUT2D eigenvalue weighted by molar-refractivity contribution is -0.244. The zero-order chi connectivity index (χ0) is 10.8. The number of rotatable bonds is 1. The van der Waals surface area contributed by atoms with Gasteiger partial charge in [-0.3, -0.25) is 0 Å². The predicted molar refractivity (Wildman–Crippen MR) is 60.7 cm³/mol. The Bertz CT molecular complexity index is 209. The monoisotopic (exact) mass is 212 g/mol. The quantitative estimate of drug-likeness (QED) is 0.662. The maximum Gasteiger partial charge on any atom is 0.168 e. The molecule has 1 atom stereocenters. The molecule has 2 fully saturated rings. The van der Waals surface area contributed by atoms with Gasteiger partial charge in [-0.15, -0.1) is 0 Å². The molecule has 0 amide bonds. The fourth-order valence-electron chi connectivity index (χ4n) is 2.56. The van der Waals surface area contributed by atoms with E-state index in [9.17, 15) is 0 Å². The summed E-state index contributed by atoms with van der Waals surface area (Å²) in [6.07, 6.45) is 8.42. The maximum atomic E-state index is 6.12. The van der Waals surface area contributed by atoms with E-state index in [-0.39, 0.29) is 5.79 Å². The van der Waals surface area contributed by atoms with Gasteiger partial charge >= 0.3 is 0 Å². The molecule has 0 bridgehead atoms. The molecule has 0 aromatic rings. The summed E-state index contributed by atoms with van der Waals surface area (Å²) in [7, 11) is 0. The fraction of sp³-hybridized carbons (Fsp3) is 1.00. The summed E-state index contributed by atoms with van der Waals surface area (Å²) in [4.78, 5) is 0. The summed E-state index contributed by atoms with van der Waals surface area (Å²) in [6, 6.07) is 0. The van der Waals surface area contributed by atoms with Crippen LogP contribution in [0.4, 0.5) is 0 Å². The van der Waals surface area contributed by atoms with Gasteiger partial charge in [-0.1, -0.05) is 20.3 Å². The molecule has 1 saturated heterocycles. The van der Waals surface area contributed by atoms with Gasteiger partial charge in [0.05, 0.1) is 13.2 Å². The molecule has 2 rings (SSSR count). The van der Waals surface area contributed by atoms with E-state index in [1.807, 2.05) is 0 Å². The average Bonchev–Trinajstić information content (AvgIpc) is 2.42. The minimum atomic E-state index is -0.203. The van der Waals surface area contributed by atoms with E-state index in [0.717, 1.165) is 32.5 Å². The first kappa shape index (κ1) is 11.4. The Hall–Kier alpha value is -0.0800. The summed E-state index contributed by atoms with van der Waals surface area (Å²) in [5.74, 6) is -0.203. The Morgan fingerprint density at radius 2 is 1.73 bits per heavy atom. The average molecular weight is 212 g/mol. The van der Waals surface area contributed by atoms with Crippen LogP contribution in [-0.2, 0) is 9.47 Å². The third kappa shape index (κ3) is 2.54. The Labute approximate surface area is 93.3 Å². The highest BCUT2D eigenvalue weighted by atomic mass is 16.7. The van der Waals surface area contributed by atoms with Crippen LogP contribution >= 0.6 is 0 Å². The molecule has 1 unspecified atom stereocenters. The third-order valence-electron chi connectivity index (χ3n) is 4.22. The van der Waals surface area contributed by atoms with Crippen LogP contribution in [0.3, 0.4) is 0 Å². The van der Waals surface area contributed by atoms with Crippen LogP contribution in [0, 0.1) is 5.41 Å². The Balaban J connectivity index is 1.99. The molecule has 1 saturated carbocycles. The summed E-state index contributed by atoms with van der Waals surface area (Å²) in [5.41, 5.74) is 0.334. The molecule has 1 spiro atoms. The Kier molecular flexibility index (Phi) is 3.36. The van der Waals surface area contributed by atoms with Crippen LogP contribution in [0.5, 0.6) is 0 Å². The Morgan fingerprint density at radius 1 is 1.00 bits per heavy atom. The van der Waals surface area contributed by atoms with E-state index in [1.165, 1.54) is 25.7 Å². The molecule has 0 aromatic heterocycles. The first-order valence-corrected chi connectivity index (χ1v) is 6.46. The van der Waals surface area contributed by atoms with Crippen molar-refractivity contribution in [3.8, 4) is 0 Å². The Morgan fingerprint density at radius 3 is 2.40 bits per heavy atom. The van der Waals surface area contributed by atoms with Crippen molar-refractivity contribution >= 4 is 0 Å². The van der Waals surface area contributed by atoms with Crippen molar-refractivity contribution in [1.29, 1.82) is 0 Å². The molecule has 1 heterocycles. The molecule has 1 aliphatic carbocycles. The van der Waals surface area contributed by atoms with Crippen molar-refractivity contribution in [2.45, 2.75) is 64.6 Å². The summed E-state index contributed by atoms with van der Waals surface area (Å²) < 4.78 is 12.1. The van der Waals surface area contributed by atoms with Crippen molar-refractivity contribution in [3.05, 3.63) is 0 Å². The molecular formula is C13H24O2. The molecule has 0 N–H and O–H groups in total. The van der Waals surface area contributed by atoms with E-state index in [4.69, 9.17) is 9.47 Å². The predicted octanol–water partition coefficient (Wildman–Crippen LogP) is 3.50. The van der Waals surface area contributed by atoms with E-state index < -0.39 is 0 Å². The van der Waals surface area contributed by atoms with Crippen LogP contribution < -0.4 is 0 Å². The molecule has 1 aliphatic heterocycles. The van der Waals surface area contributed by atoms with Gasteiger partial charge in [0.2, 0.25) is 0 Å². The van der Waals surface area contributed by atoms with Gasteiger partial charge in [-0.2, -0.15) is 0 Å². The van der Waals surface area contributed by atoms with Crippen LogP contribution in [0.1, 0.15) is 58.8 Å². The van der Waals surface area contributed by atoms with E-state index in [0.29, 0.717) is 5.41 Å². The minimum absolute atomic E-state index is 0.203. The first-order chi connectivity index (χ1) is 7.18. The van der Waals surface area contributed by atoms with Gasteiger partial charge in [0.15, 0.2) is 5.79 Å². The maximum absolute atomic E-state index is 6.12. The van der Waals surface area contributed by atoms with E-state index >= 15 is 0 Å². The standard InChI is InChI=1S/C13H24O2/c1-3-12(2)9-10-14-13(15-11-12)7-5-4-6-8-13/h3-11H2,1-2H3. The first-order valence-electron chi connectivity index (χ1n) is 6.46. The molecule has 15 heavy (non-hydrogen) atoms. The molecule has 2 aliphatic rings. The van der Waals surface area contributed by atoms with Crippen molar-refractivity contribution in [2.75, 3.05) is 13.2 Å². The summed E-state index contributed by atoms with van der Waals surface area (Å²) in [5, 5.41) is 0. The lowest BCUT2D eigenvalue weighted by Gasteiger charge is -2.36. The lowest BCUT2D eigenvalue weighted by atomic mass is 9.85. The summed E-state index contributed by atoms with van der Waals surface area (Å²) >= 11 is 0. The molecule has 2 nitrogen and oxygen atoms in total. The zero-order valence-corrected chi connectivity index (χ0v) is 10.2. The normalized spacial score (nSPS) is 36.4. The van der Waals surface area contributed by atoms with Gasteiger partial charge in [0, 0.05) is 12.8 Å². The minimum Gasteiger partial charge on any atom is -0.350 e. The smallest absolute Gasteiger partial charge is 0.168 e. The summed E-state index contributed by atoms with van der Waals surface area (Å²) in [6.45, 7) is 6.33. The van der Waals surface area contributed by atoms with Crippen LogP contribution in [0.2, 0.25) is 0 Å². The number of hydrogen-bond donors (Lipinski definition) is 0. The number of hydrogen-bond acceptors (Lipinski definition) is 2. The molecular weight excluding hydrogens is 188 g/mol. The highest BCUT2D eigenvalue weighted by molar-refractivity contribution is 4.82. The SMILES string of the molecule is CCC1(C)CCOC2(CCCCC2)OC1. The molecule has 0 aromatic carbocycles. The van der Waals surface area contributed by atoms with Crippen molar-refractivity contribution < 1.29 is 9.47 Å². The van der Waals surface area contributed by atoms with Crippen molar-refractivity contribution in [1.82, 2.24) is 0 Å². The second-order valence-electron chi connectivity index (χ2n) is 5.52. The van der Waals surface area contributed by atoms with Gasteiger partial charge in [0.1, 0.15) is 0 Å².